The molecule has 2 amide bonds. The number of nitrogens with zero attached hydrogens (tertiary/aromatic N) is 1. The molecular formula is C12H15F3N2O4S. The molecule has 0 radical (unpaired) electrons. The zero-order chi connectivity index (χ0) is 16.5. The van der Waals surface area contributed by atoms with Crippen LogP contribution in [-0.2, 0) is 14.4 Å². The van der Waals surface area contributed by atoms with Crippen LogP contribution < -0.4 is 5.32 Å². The summed E-state index contributed by atoms with van der Waals surface area (Å²) >= 11 is 1.34. The molecule has 0 saturated carbocycles. The Balaban J connectivity index is 2.19. The van der Waals surface area contributed by atoms with Gasteiger partial charge in [-0.05, 0) is 31.4 Å². The van der Waals surface area contributed by atoms with Gasteiger partial charge in [-0.25, -0.2) is 4.79 Å². The van der Waals surface area contributed by atoms with Crippen molar-refractivity contribution in [2.45, 2.75) is 49.3 Å². The Labute approximate surface area is 128 Å². The van der Waals surface area contributed by atoms with Crippen LogP contribution in [0.2, 0.25) is 0 Å². The van der Waals surface area contributed by atoms with Gasteiger partial charge in [0.05, 0.1) is 5.37 Å². The van der Waals surface area contributed by atoms with E-state index in [1.807, 2.05) is 0 Å². The number of fused-ring (bicyclic) bond motifs is 1. The lowest BCUT2D eigenvalue weighted by molar-refractivity contribution is -0.175. The van der Waals surface area contributed by atoms with Gasteiger partial charge >= 0.3 is 18.1 Å². The predicted octanol–water partition coefficient (Wildman–Crippen LogP) is 0.962. The van der Waals surface area contributed by atoms with Crippen LogP contribution in [0.3, 0.4) is 0 Å². The Morgan fingerprint density at radius 2 is 1.95 bits per heavy atom. The van der Waals surface area contributed by atoms with Crippen molar-refractivity contribution >= 4 is 29.5 Å². The third kappa shape index (κ3) is 3.47. The Hall–Kier alpha value is -1.45. The standard InChI is InChI=1S/C12H15F3N2O4S/c13-12(14,15)11(21)16-6-4-5-22-8-3-1-2-7(10(19)20)17(8)9(6)18/h6-8H,1-5H2,(H,16,21)(H,19,20)/t6-,7?,8?/m0/s1. The van der Waals surface area contributed by atoms with E-state index in [1.165, 1.54) is 11.8 Å². The number of amides is 2. The molecule has 2 rings (SSSR count). The Kier molecular flexibility index (Phi) is 4.88. The van der Waals surface area contributed by atoms with Gasteiger partial charge < -0.3 is 15.3 Å². The highest BCUT2D eigenvalue weighted by atomic mass is 32.2. The number of hydrogen-bond donors (Lipinski definition) is 2. The number of rotatable bonds is 2. The first kappa shape index (κ1) is 16.9. The maximum atomic E-state index is 12.4. The Morgan fingerprint density at radius 1 is 1.27 bits per heavy atom. The van der Waals surface area contributed by atoms with E-state index in [9.17, 15) is 32.7 Å². The van der Waals surface area contributed by atoms with E-state index >= 15 is 0 Å². The van der Waals surface area contributed by atoms with Gasteiger partial charge in [0.15, 0.2) is 0 Å². The van der Waals surface area contributed by atoms with Crippen LogP contribution in [0.1, 0.15) is 25.7 Å². The molecule has 2 unspecified atom stereocenters. The third-order valence-electron chi connectivity index (χ3n) is 3.69. The molecule has 3 atom stereocenters. The summed E-state index contributed by atoms with van der Waals surface area (Å²) in [5.41, 5.74) is 0. The van der Waals surface area contributed by atoms with Gasteiger partial charge in [-0.2, -0.15) is 13.2 Å². The van der Waals surface area contributed by atoms with E-state index < -0.39 is 36.0 Å². The molecule has 6 nitrogen and oxygen atoms in total. The van der Waals surface area contributed by atoms with Gasteiger partial charge in [0, 0.05) is 0 Å². The molecule has 0 aliphatic carbocycles. The summed E-state index contributed by atoms with van der Waals surface area (Å²) in [6.45, 7) is 0. The number of carboxylic acids is 1. The lowest BCUT2D eigenvalue weighted by atomic mass is 10.0. The van der Waals surface area contributed by atoms with E-state index in [0.29, 0.717) is 18.6 Å². The molecule has 2 fully saturated rings. The third-order valence-corrected chi connectivity index (χ3v) is 5.01. The van der Waals surface area contributed by atoms with Crippen molar-refractivity contribution in [3.8, 4) is 0 Å². The minimum atomic E-state index is -5.08. The molecule has 0 spiro atoms. The number of halogens is 3. The smallest absolute Gasteiger partial charge is 0.471 e. The van der Waals surface area contributed by atoms with Gasteiger partial charge in [0.1, 0.15) is 12.1 Å². The normalized spacial score (nSPS) is 29.5. The first-order valence-electron chi connectivity index (χ1n) is 6.76. The van der Waals surface area contributed by atoms with Crippen LogP contribution in [0.15, 0.2) is 0 Å². The van der Waals surface area contributed by atoms with Gasteiger partial charge in [0.2, 0.25) is 5.91 Å². The van der Waals surface area contributed by atoms with E-state index in [4.69, 9.17) is 0 Å². The first-order valence-corrected chi connectivity index (χ1v) is 7.81. The number of aliphatic carboxylic acids is 1. The van der Waals surface area contributed by atoms with Crippen LogP contribution in [-0.4, -0.2) is 57.2 Å². The van der Waals surface area contributed by atoms with Crippen LogP contribution >= 0.6 is 11.8 Å². The summed E-state index contributed by atoms with van der Waals surface area (Å²) in [5.74, 6) is -3.73. The molecule has 2 aliphatic rings. The number of hydrogen-bond acceptors (Lipinski definition) is 4. The molecule has 0 aromatic rings. The fourth-order valence-corrected chi connectivity index (χ4v) is 4.05. The van der Waals surface area contributed by atoms with Gasteiger partial charge in [-0.3, -0.25) is 9.59 Å². The highest BCUT2D eigenvalue weighted by Crippen LogP contribution is 2.34. The second-order valence-electron chi connectivity index (χ2n) is 5.17. The Morgan fingerprint density at radius 3 is 2.55 bits per heavy atom. The molecule has 2 aliphatic heterocycles. The number of carboxylic acid groups (broad SMARTS) is 1. The number of carbonyl (C=O) groups is 3. The number of carbonyl (C=O) groups excluding carboxylic acids is 2. The maximum Gasteiger partial charge on any atom is 0.471 e. The molecule has 0 aromatic heterocycles. The second kappa shape index (κ2) is 6.35. The van der Waals surface area contributed by atoms with Crippen molar-refractivity contribution in [3.63, 3.8) is 0 Å². The fourth-order valence-electron chi connectivity index (χ4n) is 2.67. The van der Waals surface area contributed by atoms with E-state index in [0.717, 1.165) is 4.90 Å². The molecule has 124 valence electrons. The van der Waals surface area contributed by atoms with Crippen molar-refractivity contribution < 1.29 is 32.7 Å². The second-order valence-corrected chi connectivity index (χ2v) is 6.45. The van der Waals surface area contributed by atoms with Crippen molar-refractivity contribution in [3.05, 3.63) is 0 Å². The molecule has 22 heavy (non-hydrogen) atoms. The zero-order valence-corrected chi connectivity index (χ0v) is 12.2. The number of alkyl halides is 3. The number of thioether (sulfide) groups is 1. The van der Waals surface area contributed by atoms with Crippen molar-refractivity contribution in [1.82, 2.24) is 10.2 Å². The van der Waals surface area contributed by atoms with Crippen LogP contribution in [0.5, 0.6) is 0 Å². The van der Waals surface area contributed by atoms with Crippen LogP contribution in [0.4, 0.5) is 13.2 Å². The monoisotopic (exact) mass is 340 g/mol. The lowest BCUT2D eigenvalue weighted by Crippen LogP contribution is -2.58. The predicted molar refractivity (Wildman–Crippen MR) is 71.0 cm³/mol. The van der Waals surface area contributed by atoms with Gasteiger partial charge in [0.25, 0.3) is 0 Å². The van der Waals surface area contributed by atoms with Crippen LogP contribution in [0, 0.1) is 0 Å². The summed E-state index contributed by atoms with van der Waals surface area (Å²) in [6.07, 6.45) is -3.53. The molecule has 2 saturated heterocycles. The summed E-state index contributed by atoms with van der Waals surface area (Å²) in [7, 11) is 0. The van der Waals surface area contributed by atoms with E-state index in [-0.39, 0.29) is 18.2 Å². The average molecular weight is 340 g/mol. The Bertz CT molecular complexity index is 485. The minimum Gasteiger partial charge on any atom is -0.480 e. The van der Waals surface area contributed by atoms with E-state index in [1.54, 1.807) is 5.32 Å². The summed E-state index contributed by atoms with van der Waals surface area (Å²) < 4.78 is 37.0. The lowest BCUT2D eigenvalue weighted by Gasteiger charge is -2.39. The summed E-state index contributed by atoms with van der Waals surface area (Å²) in [6, 6.07) is -2.39. The maximum absolute atomic E-state index is 12.4. The largest absolute Gasteiger partial charge is 0.480 e. The minimum absolute atomic E-state index is 0.0463. The summed E-state index contributed by atoms with van der Waals surface area (Å²) in [5, 5.41) is 10.5. The fraction of sp³-hybridized carbons (Fsp3) is 0.750. The van der Waals surface area contributed by atoms with Crippen molar-refractivity contribution in [1.29, 1.82) is 0 Å². The molecular weight excluding hydrogens is 325 g/mol. The summed E-state index contributed by atoms with van der Waals surface area (Å²) in [4.78, 5) is 35.9. The number of nitrogens with one attached hydrogen (secondary N) is 1. The van der Waals surface area contributed by atoms with Crippen molar-refractivity contribution in [2.75, 3.05) is 5.75 Å². The first-order chi connectivity index (χ1) is 10.2. The van der Waals surface area contributed by atoms with Crippen molar-refractivity contribution in [2.24, 2.45) is 0 Å². The molecule has 2 heterocycles. The van der Waals surface area contributed by atoms with Crippen LogP contribution in [0.25, 0.3) is 0 Å². The van der Waals surface area contributed by atoms with E-state index in [2.05, 4.69) is 0 Å². The molecule has 0 aromatic carbocycles. The highest BCUT2D eigenvalue weighted by molar-refractivity contribution is 7.99. The number of piperidine rings is 1. The average Bonchev–Trinajstić information content (AvgIpc) is 2.58. The van der Waals surface area contributed by atoms with Gasteiger partial charge in [-0.1, -0.05) is 0 Å². The quantitative estimate of drug-likeness (QED) is 0.782. The SMILES string of the molecule is O=C(O)C1CCCC2SCC[C@H](NC(=O)C(F)(F)F)C(=O)N21. The topological polar surface area (TPSA) is 86.7 Å². The van der Waals surface area contributed by atoms with Gasteiger partial charge in [-0.15, -0.1) is 11.8 Å². The molecule has 2 N–H and O–H groups in total. The zero-order valence-electron chi connectivity index (χ0n) is 11.4. The highest BCUT2D eigenvalue weighted by Gasteiger charge is 2.46. The molecule has 10 heteroatoms. The molecule has 0 bridgehead atoms.